The van der Waals surface area contributed by atoms with Crippen molar-refractivity contribution in [1.29, 1.82) is 0 Å². The molecule has 0 saturated carbocycles. The van der Waals surface area contributed by atoms with Crippen molar-refractivity contribution in [3.05, 3.63) is 70.8 Å². The minimum atomic E-state index is -0.422. The summed E-state index contributed by atoms with van der Waals surface area (Å²) in [5.41, 5.74) is 2.57. The molecule has 0 nitrogen and oxygen atoms in total. The Kier molecular flexibility index (Phi) is 4.54. The van der Waals surface area contributed by atoms with E-state index in [2.05, 4.69) is 0 Å². The van der Waals surface area contributed by atoms with Crippen LogP contribution in [-0.2, 0) is 6.42 Å². The quantitative estimate of drug-likeness (QED) is 0.703. The first-order valence-electron chi connectivity index (χ1n) is 6.17. The molecule has 0 radical (unpaired) electrons. The molecule has 0 N–H and O–H groups in total. The smallest absolute Gasteiger partial charge is 0.126 e. The van der Waals surface area contributed by atoms with Gasteiger partial charge in [0.25, 0.3) is 0 Å². The molecule has 2 rings (SSSR count). The summed E-state index contributed by atoms with van der Waals surface area (Å²) in [5.74, 6) is -0.445. The van der Waals surface area contributed by atoms with Gasteiger partial charge >= 0.3 is 0 Å². The number of aryl methyl sites for hydroxylation is 1. The molecule has 2 aromatic rings. The highest BCUT2D eigenvalue weighted by Gasteiger charge is 2.16. The second kappa shape index (κ2) is 6.16. The van der Waals surface area contributed by atoms with Gasteiger partial charge in [0.2, 0.25) is 0 Å². The van der Waals surface area contributed by atoms with Gasteiger partial charge in [0.15, 0.2) is 0 Å². The summed E-state index contributed by atoms with van der Waals surface area (Å²) in [6, 6.07) is 11.4. The van der Waals surface area contributed by atoms with Crippen LogP contribution in [-0.4, -0.2) is 5.88 Å². The predicted molar refractivity (Wildman–Crippen MR) is 74.7 cm³/mol. The first kappa shape index (κ1) is 14.0. The molecule has 0 aliphatic rings. The lowest BCUT2D eigenvalue weighted by atomic mass is 9.90. The second-order valence-corrected chi connectivity index (χ2v) is 4.96. The Labute approximate surface area is 117 Å². The third-order valence-corrected chi connectivity index (χ3v) is 3.66. The third kappa shape index (κ3) is 3.32. The summed E-state index contributed by atoms with van der Waals surface area (Å²) in [4.78, 5) is 0. The highest BCUT2D eigenvalue weighted by Crippen LogP contribution is 2.26. The number of hydrogen-bond donors (Lipinski definition) is 0. The maximum Gasteiger partial charge on any atom is 0.126 e. The first-order valence-corrected chi connectivity index (χ1v) is 6.70. The molecule has 100 valence electrons. The fourth-order valence-corrected chi connectivity index (χ4v) is 2.53. The van der Waals surface area contributed by atoms with E-state index in [1.807, 2.05) is 31.2 Å². The van der Waals surface area contributed by atoms with Crippen LogP contribution in [0.2, 0.25) is 0 Å². The van der Waals surface area contributed by atoms with Gasteiger partial charge in [-0.3, -0.25) is 0 Å². The van der Waals surface area contributed by atoms with Crippen LogP contribution in [0, 0.1) is 18.6 Å². The van der Waals surface area contributed by atoms with Crippen molar-refractivity contribution in [3.8, 4) is 0 Å². The SMILES string of the molecule is Cc1ccccc1C(CCl)Cc1cc(F)ccc1F. The lowest BCUT2D eigenvalue weighted by molar-refractivity contribution is 0.576. The molecular formula is C16H15ClF2. The Morgan fingerprint density at radius 2 is 1.84 bits per heavy atom. The molecule has 1 atom stereocenters. The third-order valence-electron chi connectivity index (χ3n) is 3.29. The molecule has 0 aliphatic carbocycles. The molecule has 0 aliphatic heterocycles. The Morgan fingerprint density at radius 1 is 1.11 bits per heavy atom. The van der Waals surface area contributed by atoms with E-state index in [9.17, 15) is 8.78 Å². The minimum Gasteiger partial charge on any atom is -0.207 e. The lowest BCUT2D eigenvalue weighted by Gasteiger charge is -2.17. The van der Waals surface area contributed by atoms with Gasteiger partial charge < -0.3 is 0 Å². The molecule has 3 heteroatoms. The van der Waals surface area contributed by atoms with E-state index in [0.717, 1.165) is 23.3 Å². The molecule has 0 amide bonds. The predicted octanol–water partition coefficient (Wildman–Crippen LogP) is 4.84. The van der Waals surface area contributed by atoms with Crippen LogP contribution in [0.5, 0.6) is 0 Å². The van der Waals surface area contributed by atoms with Crippen molar-refractivity contribution in [2.24, 2.45) is 0 Å². The van der Waals surface area contributed by atoms with Gasteiger partial charge in [0, 0.05) is 11.8 Å². The largest absolute Gasteiger partial charge is 0.207 e. The fourth-order valence-electron chi connectivity index (χ4n) is 2.26. The number of rotatable bonds is 4. The standard InChI is InChI=1S/C16H15ClF2/c1-11-4-2-3-5-15(11)13(10-17)8-12-9-14(18)6-7-16(12)19/h2-7,9,13H,8,10H2,1H3. The summed E-state index contributed by atoms with van der Waals surface area (Å²) in [6.45, 7) is 2.00. The van der Waals surface area contributed by atoms with Gasteiger partial charge in [-0.25, -0.2) is 8.78 Å². The molecule has 0 fully saturated rings. The molecule has 0 bridgehead atoms. The lowest BCUT2D eigenvalue weighted by Crippen LogP contribution is -2.08. The number of benzene rings is 2. The minimum absolute atomic E-state index is 0.0147. The van der Waals surface area contributed by atoms with Crippen molar-refractivity contribution in [3.63, 3.8) is 0 Å². The van der Waals surface area contributed by atoms with E-state index in [1.54, 1.807) is 0 Å². The van der Waals surface area contributed by atoms with Crippen molar-refractivity contribution in [2.45, 2.75) is 19.3 Å². The first-order chi connectivity index (χ1) is 9.11. The summed E-state index contributed by atoms with van der Waals surface area (Å²) < 4.78 is 26.9. The van der Waals surface area contributed by atoms with Crippen LogP contribution >= 0.6 is 11.6 Å². The molecular weight excluding hydrogens is 266 g/mol. The van der Waals surface area contributed by atoms with Crippen LogP contribution in [0.25, 0.3) is 0 Å². The average Bonchev–Trinajstić information content (AvgIpc) is 2.41. The van der Waals surface area contributed by atoms with Crippen molar-refractivity contribution >= 4 is 11.6 Å². The summed E-state index contributed by atoms with van der Waals surface area (Å²) in [6.07, 6.45) is 0.401. The van der Waals surface area contributed by atoms with E-state index in [4.69, 9.17) is 11.6 Å². The number of halogens is 3. The summed E-state index contributed by atoms with van der Waals surface area (Å²) in [5, 5.41) is 0. The molecule has 0 spiro atoms. The Morgan fingerprint density at radius 3 is 2.53 bits per heavy atom. The second-order valence-electron chi connectivity index (χ2n) is 4.65. The van der Waals surface area contributed by atoms with Crippen LogP contribution < -0.4 is 0 Å². The topological polar surface area (TPSA) is 0 Å². The van der Waals surface area contributed by atoms with Crippen molar-refractivity contribution in [1.82, 2.24) is 0 Å². The maximum absolute atomic E-state index is 13.7. The van der Waals surface area contributed by atoms with E-state index in [1.165, 1.54) is 6.07 Å². The van der Waals surface area contributed by atoms with Gasteiger partial charge in [-0.1, -0.05) is 24.3 Å². The highest BCUT2D eigenvalue weighted by atomic mass is 35.5. The molecule has 0 heterocycles. The van der Waals surface area contributed by atoms with Crippen LogP contribution in [0.1, 0.15) is 22.6 Å². The van der Waals surface area contributed by atoms with Crippen molar-refractivity contribution < 1.29 is 8.78 Å². The summed E-state index contributed by atoms with van der Waals surface area (Å²) >= 11 is 6.00. The Hall–Kier alpha value is -1.41. The van der Waals surface area contributed by atoms with Crippen LogP contribution in [0.3, 0.4) is 0 Å². The van der Waals surface area contributed by atoms with Gasteiger partial charge in [-0.15, -0.1) is 11.6 Å². The van der Waals surface area contributed by atoms with E-state index in [-0.39, 0.29) is 11.7 Å². The molecule has 0 aromatic heterocycles. The van der Waals surface area contributed by atoms with Gasteiger partial charge in [-0.05, 0) is 48.2 Å². The van der Waals surface area contributed by atoms with E-state index in [0.29, 0.717) is 17.9 Å². The van der Waals surface area contributed by atoms with Gasteiger partial charge in [-0.2, -0.15) is 0 Å². The molecule has 19 heavy (non-hydrogen) atoms. The van der Waals surface area contributed by atoms with Gasteiger partial charge in [0.05, 0.1) is 0 Å². The van der Waals surface area contributed by atoms with Gasteiger partial charge in [0.1, 0.15) is 11.6 Å². The Balaban J connectivity index is 2.29. The van der Waals surface area contributed by atoms with E-state index >= 15 is 0 Å². The number of alkyl halides is 1. The highest BCUT2D eigenvalue weighted by molar-refractivity contribution is 6.18. The zero-order chi connectivity index (χ0) is 13.8. The normalized spacial score (nSPS) is 12.4. The number of hydrogen-bond acceptors (Lipinski definition) is 0. The van der Waals surface area contributed by atoms with E-state index < -0.39 is 5.82 Å². The van der Waals surface area contributed by atoms with Crippen molar-refractivity contribution in [2.75, 3.05) is 5.88 Å². The zero-order valence-corrected chi connectivity index (χ0v) is 11.4. The maximum atomic E-state index is 13.7. The van der Waals surface area contributed by atoms with Crippen LogP contribution in [0.4, 0.5) is 8.78 Å². The average molecular weight is 281 g/mol. The summed E-state index contributed by atoms with van der Waals surface area (Å²) in [7, 11) is 0. The zero-order valence-electron chi connectivity index (χ0n) is 10.7. The Bertz CT molecular complexity index is 566. The molecule has 0 saturated heterocycles. The van der Waals surface area contributed by atoms with Crippen LogP contribution in [0.15, 0.2) is 42.5 Å². The fraction of sp³-hybridized carbons (Fsp3) is 0.250. The molecule has 2 aromatic carbocycles. The molecule has 1 unspecified atom stereocenters. The monoisotopic (exact) mass is 280 g/mol.